The van der Waals surface area contributed by atoms with Crippen molar-refractivity contribution in [1.82, 2.24) is 4.90 Å². The number of amides is 3. The van der Waals surface area contributed by atoms with E-state index in [9.17, 15) is 19.5 Å². The number of carbonyl (C=O) groups excluding carboxylic acids is 3. The Bertz CT molecular complexity index is 1170. The highest BCUT2D eigenvalue weighted by Crippen LogP contribution is 2.60. The zero-order chi connectivity index (χ0) is 22.0. The van der Waals surface area contributed by atoms with Gasteiger partial charge in [0.05, 0.1) is 11.8 Å². The molecular weight excluding hydrogens is 404 g/mol. The van der Waals surface area contributed by atoms with Crippen LogP contribution in [0.15, 0.2) is 72.8 Å². The van der Waals surface area contributed by atoms with E-state index in [4.69, 9.17) is 0 Å². The van der Waals surface area contributed by atoms with Crippen molar-refractivity contribution >= 4 is 23.4 Å². The van der Waals surface area contributed by atoms with Crippen LogP contribution in [0.25, 0.3) is 0 Å². The summed E-state index contributed by atoms with van der Waals surface area (Å²) in [5.41, 5.74) is 4.91. The highest BCUT2D eigenvalue weighted by atomic mass is 16.3. The van der Waals surface area contributed by atoms with Crippen LogP contribution in [0.3, 0.4) is 0 Å². The lowest BCUT2D eigenvalue weighted by Crippen LogP contribution is -2.41. The van der Waals surface area contributed by atoms with E-state index in [1.165, 1.54) is 12.1 Å². The summed E-state index contributed by atoms with van der Waals surface area (Å²) in [5, 5.41) is 12.1. The molecule has 7 rings (SSSR count). The van der Waals surface area contributed by atoms with Crippen LogP contribution >= 0.6 is 0 Å². The SMILES string of the molecule is O=C(CN1C(=O)[C@H]2C3c4ccccc4C(c4ccccc43)[C@@H]2C1=O)Nc1ccc(O)cc1. The van der Waals surface area contributed by atoms with Gasteiger partial charge in [0.25, 0.3) is 0 Å². The third-order valence-electron chi connectivity index (χ3n) is 6.99. The Kier molecular flexibility index (Phi) is 3.99. The van der Waals surface area contributed by atoms with Gasteiger partial charge in [-0.25, -0.2) is 0 Å². The summed E-state index contributed by atoms with van der Waals surface area (Å²) >= 11 is 0. The predicted octanol–water partition coefficient (Wildman–Crippen LogP) is 3.22. The lowest BCUT2D eigenvalue weighted by atomic mass is 9.55. The predicted molar refractivity (Wildman–Crippen MR) is 117 cm³/mol. The van der Waals surface area contributed by atoms with Crippen molar-refractivity contribution < 1.29 is 19.5 Å². The number of phenols is 1. The molecule has 3 aromatic carbocycles. The van der Waals surface area contributed by atoms with Gasteiger partial charge in [-0.2, -0.15) is 0 Å². The Hall–Kier alpha value is -3.93. The molecule has 0 radical (unpaired) electrons. The second-order valence-corrected chi connectivity index (χ2v) is 8.62. The third kappa shape index (κ3) is 2.56. The van der Waals surface area contributed by atoms with Gasteiger partial charge in [0.2, 0.25) is 17.7 Å². The van der Waals surface area contributed by atoms with Crippen molar-refractivity contribution in [2.75, 3.05) is 11.9 Å². The average Bonchev–Trinajstić information content (AvgIpc) is 3.06. The zero-order valence-electron chi connectivity index (χ0n) is 17.1. The number of likely N-dealkylation sites (tertiary alicyclic amines) is 1. The first kappa shape index (κ1) is 18.8. The van der Waals surface area contributed by atoms with E-state index < -0.39 is 17.7 Å². The summed E-state index contributed by atoms with van der Waals surface area (Å²) < 4.78 is 0. The molecule has 2 atom stereocenters. The van der Waals surface area contributed by atoms with Gasteiger partial charge in [-0.15, -0.1) is 0 Å². The molecule has 3 amide bonds. The summed E-state index contributed by atoms with van der Waals surface area (Å²) in [6.07, 6.45) is 0. The van der Waals surface area contributed by atoms with Crippen molar-refractivity contribution in [3.8, 4) is 5.75 Å². The van der Waals surface area contributed by atoms with E-state index in [2.05, 4.69) is 29.6 Å². The molecule has 4 aliphatic rings. The molecule has 1 fully saturated rings. The maximum atomic E-state index is 13.5. The zero-order valence-corrected chi connectivity index (χ0v) is 17.1. The minimum Gasteiger partial charge on any atom is -0.508 e. The molecule has 32 heavy (non-hydrogen) atoms. The van der Waals surface area contributed by atoms with Gasteiger partial charge in [-0.1, -0.05) is 48.5 Å². The number of rotatable bonds is 3. The Morgan fingerprint density at radius 1 is 0.750 bits per heavy atom. The number of benzene rings is 3. The molecule has 0 aromatic heterocycles. The minimum atomic E-state index is -0.487. The first-order valence-corrected chi connectivity index (χ1v) is 10.7. The van der Waals surface area contributed by atoms with Gasteiger partial charge in [-0.05, 0) is 46.5 Å². The molecule has 0 spiro atoms. The van der Waals surface area contributed by atoms with Crippen molar-refractivity contribution in [3.63, 3.8) is 0 Å². The molecule has 158 valence electrons. The molecule has 0 saturated carbocycles. The maximum absolute atomic E-state index is 13.5. The number of anilines is 1. The summed E-state index contributed by atoms with van der Waals surface area (Å²) in [5.74, 6) is -2.25. The number of carbonyl (C=O) groups is 3. The average molecular weight is 424 g/mol. The smallest absolute Gasteiger partial charge is 0.244 e. The molecule has 2 N–H and O–H groups in total. The molecule has 1 aliphatic heterocycles. The summed E-state index contributed by atoms with van der Waals surface area (Å²) in [6.45, 7) is -0.322. The quantitative estimate of drug-likeness (QED) is 0.499. The van der Waals surface area contributed by atoms with E-state index in [1.54, 1.807) is 12.1 Å². The van der Waals surface area contributed by atoms with Crippen LogP contribution in [0.1, 0.15) is 34.1 Å². The van der Waals surface area contributed by atoms with Gasteiger partial charge in [0.1, 0.15) is 12.3 Å². The maximum Gasteiger partial charge on any atom is 0.244 e. The summed E-state index contributed by atoms with van der Waals surface area (Å²) in [6, 6.07) is 22.2. The van der Waals surface area contributed by atoms with Gasteiger partial charge < -0.3 is 10.4 Å². The summed E-state index contributed by atoms with van der Waals surface area (Å²) in [7, 11) is 0. The Labute approximate surface area is 184 Å². The van der Waals surface area contributed by atoms with Crippen LogP contribution in [0.2, 0.25) is 0 Å². The Morgan fingerprint density at radius 2 is 1.19 bits per heavy atom. The number of imide groups is 1. The summed E-state index contributed by atoms with van der Waals surface area (Å²) in [4.78, 5) is 40.7. The first-order valence-electron chi connectivity index (χ1n) is 10.7. The molecular formula is C26H20N2O4. The van der Waals surface area contributed by atoms with Crippen molar-refractivity contribution in [2.24, 2.45) is 11.8 Å². The Balaban J connectivity index is 1.34. The molecule has 1 saturated heterocycles. The monoisotopic (exact) mass is 424 g/mol. The molecule has 3 aromatic rings. The van der Waals surface area contributed by atoms with Crippen molar-refractivity contribution in [1.29, 1.82) is 0 Å². The van der Waals surface area contributed by atoms with Gasteiger partial charge in [0.15, 0.2) is 0 Å². The first-order chi connectivity index (χ1) is 15.5. The van der Waals surface area contributed by atoms with Crippen LogP contribution < -0.4 is 5.32 Å². The second-order valence-electron chi connectivity index (χ2n) is 8.62. The normalized spacial score (nSPS) is 24.7. The van der Waals surface area contributed by atoms with E-state index in [1.807, 2.05) is 24.3 Å². The Morgan fingerprint density at radius 3 is 1.62 bits per heavy atom. The second kappa shape index (κ2) is 6.79. The largest absolute Gasteiger partial charge is 0.508 e. The number of phenolic OH excluding ortho intramolecular Hbond substituents is 1. The molecule has 2 bridgehead atoms. The van der Waals surface area contributed by atoms with Crippen LogP contribution in [0.4, 0.5) is 5.69 Å². The molecule has 6 nitrogen and oxygen atoms in total. The van der Waals surface area contributed by atoms with Crippen LogP contribution in [0, 0.1) is 11.8 Å². The van der Waals surface area contributed by atoms with Gasteiger partial charge in [-0.3, -0.25) is 19.3 Å². The van der Waals surface area contributed by atoms with Gasteiger partial charge in [0, 0.05) is 17.5 Å². The van der Waals surface area contributed by atoms with Gasteiger partial charge >= 0.3 is 0 Å². The van der Waals surface area contributed by atoms with Crippen LogP contribution in [-0.4, -0.2) is 34.3 Å². The fourth-order valence-corrected chi connectivity index (χ4v) is 5.78. The fraction of sp³-hybridized carbons (Fsp3) is 0.192. The third-order valence-corrected chi connectivity index (χ3v) is 6.99. The van der Waals surface area contributed by atoms with E-state index >= 15 is 0 Å². The molecule has 6 heteroatoms. The molecule has 3 aliphatic carbocycles. The number of hydrogen-bond acceptors (Lipinski definition) is 4. The van der Waals surface area contributed by atoms with Crippen LogP contribution in [-0.2, 0) is 14.4 Å². The number of hydrogen-bond donors (Lipinski definition) is 2. The van der Waals surface area contributed by atoms with Crippen molar-refractivity contribution in [2.45, 2.75) is 11.8 Å². The standard InChI is InChI=1S/C26H20N2O4/c29-15-11-9-14(10-12-15)27-20(30)13-28-25(31)23-21-16-5-1-2-6-17(16)22(24(23)26(28)32)19-8-4-3-7-18(19)21/h1-12,21-24,29H,13H2,(H,27,30)/t21?,22?,23-,24-/m0/s1. The van der Waals surface area contributed by atoms with E-state index in [-0.39, 0.29) is 35.9 Å². The van der Waals surface area contributed by atoms with E-state index in [0.29, 0.717) is 5.69 Å². The number of nitrogens with zero attached hydrogens (tertiary/aromatic N) is 1. The van der Waals surface area contributed by atoms with E-state index in [0.717, 1.165) is 27.2 Å². The van der Waals surface area contributed by atoms with Crippen LogP contribution in [0.5, 0.6) is 5.75 Å². The lowest BCUT2D eigenvalue weighted by Gasteiger charge is -2.45. The number of aromatic hydroxyl groups is 1. The minimum absolute atomic E-state index is 0.0894. The number of nitrogens with one attached hydrogen (secondary N) is 1. The van der Waals surface area contributed by atoms with Crippen molar-refractivity contribution in [3.05, 3.63) is 95.1 Å². The topological polar surface area (TPSA) is 86.7 Å². The highest BCUT2D eigenvalue weighted by molar-refractivity contribution is 6.10. The molecule has 1 heterocycles. The molecule has 0 unspecified atom stereocenters. The fourth-order valence-electron chi connectivity index (χ4n) is 5.78. The highest BCUT2D eigenvalue weighted by Gasteiger charge is 2.61. The lowest BCUT2D eigenvalue weighted by molar-refractivity contribution is -0.142.